The number of aromatic amines is 1. The van der Waals surface area contributed by atoms with Gasteiger partial charge in [-0.1, -0.05) is 51.5 Å². The third-order valence-corrected chi connectivity index (χ3v) is 5.89. The van der Waals surface area contributed by atoms with Crippen molar-refractivity contribution in [1.29, 1.82) is 0 Å². The predicted molar refractivity (Wildman–Crippen MR) is 129 cm³/mol. The Morgan fingerprint density at radius 2 is 1.88 bits per heavy atom. The number of rotatable bonds is 10. The van der Waals surface area contributed by atoms with Crippen molar-refractivity contribution in [2.45, 2.75) is 59.5 Å². The number of hydrogen-bond acceptors (Lipinski definition) is 5. The number of aryl methyl sites for hydroxylation is 2. The van der Waals surface area contributed by atoms with Crippen LogP contribution in [0.2, 0.25) is 0 Å². The zero-order valence-electron chi connectivity index (χ0n) is 19.5. The summed E-state index contributed by atoms with van der Waals surface area (Å²) in [6.07, 6.45) is 9.75. The van der Waals surface area contributed by atoms with Crippen LogP contribution in [0, 0.1) is 5.92 Å². The largest absolute Gasteiger partial charge is 0.328 e. The first kappa shape index (κ1) is 22.6. The van der Waals surface area contributed by atoms with Crippen molar-refractivity contribution < 1.29 is 0 Å². The molecule has 8 heteroatoms. The maximum absolute atomic E-state index is 13.3. The summed E-state index contributed by atoms with van der Waals surface area (Å²) < 4.78 is 3.80. The molecule has 0 radical (unpaired) electrons. The van der Waals surface area contributed by atoms with Crippen molar-refractivity contribution in [3.8, 4) is 22.5 Å². The maximum Gasteiger partial charge on any atom is 0.328 e. The maximum atomic E-state index is 13.3. The lowest BCUT2D eigenvalue weighted by atomic mass is 10.00. The average Bonchev–Trinajstić information content (AvgIpc) is 3.46. The average molecular weight is 446 g/mol. The molecule has 4 rings (SSSR count). The number of H-pyrrole nitrogens is 1. The lowest BCUT2D eigenvalue weighted by Gasteiger charge is -2.12. The van der Waals surface area contributed by atoms with Gasteiger partial charge in [-0.05, 0) is 53.2 Å². The fourth-order valence-electron chi connectivity index (χ4n) is 3.95. The van der Waals surface area contributed by atoms with Gasteiger partial charge in [0.15, 0.2) is 0 Å². The zero-order chi connectivity index (χ0) is 23.2. The highest BCUT2D eigenvalue weighted by Gasteiger charge is 2.15. The van der Waals surface area contributed by atoms with Crippen LogP contribution in [0.3, 0.4) is 0 Å². The Labute approximate surface area is 193 Å². The normalized spacial score (nSPS) is 11.4. The SMILES string of the molecule is CCCCc1cn(CCC(C)C)c(=O)n1Cc1cnccc1-c1ccc(-c2nn[nH]n2)cc1. The molecule has 0 spiro atoms. The summed E-state index contributed by atoms with van der Waals surface area (Å²) in [6.45, 7) is 7.80. The van der Waals surface area contributed by atoms with E-state index < -0.39 is 0 Å². The molecule has 8 nitrogen and oxygen atoms in total. The number of pyridine rings is 1. The summed E-state index contributed by atoms with van der Waals surface area (Å²) in [4.78, 5) is 17.6. The highest BCUT2D eigenvalue weighted by molar-refractivity contribution is 5.69. The van der Waals surface area contributed by atoms with E-state index in [9.17, 15) is 4.79 Å². The molecule has 3 aromatic heterocycles. The van der Waals surface area contributed by atoms with Gasteiger partial charge in [0.1, 0.15) is 0 Å². The minimum absolute atomic E-state index is 0.0593. The van der Waals surface area contributed by atoms with Crippen LogP contribution in [-0.4, -0.2) is 34.7 Å². The van der Waals surface area contributed by atoms with Gasteiger partial charge in [0.05, 0.1) is 6.54 Å². The summed E-state index contributed by atoms with van der Waals surface area (Å²) in [5, 5.41) is 14.2. The van der Waals surface area contributed by atoms with Crippen molar-refractivity contribution in [3.05, 3.63) is 70.7 Å². The Kier molecular flexibility index (Phi) is 7.12. The smallest absolute Gasteiger partial charge is 0.299 e. The van der Waals surface area contributed by atoms with Crippen LogP contribution >= 0.6 is 0 Å². The summed E-state index contributed by atoms with van der Waals surface area (Å²) in [5.74, 6) is 1.12. The molecule has 0 aliphatic carbocycles. The molecule has 1 N–H and O–H groups in total. The van der Waals surface area contributed by atoms with Crippen LogP contribution < -0.4 is 5.69 Å². The second-order valence-corrected chi connectivity index (χ2v) is 8.81. The molecule has 0 fully saturated rings. The van der Waals surface area contributed by atoms with E-state index in [-0.39, 0.29) is 5.69 Å². The van der Waals surface area contributed by atoms with Gasteiger partial charge in [0.2, 0.25) is 5.82 Å². The van der Waals surface area contributed by atoms with Gasteiger partial charge in [-0.2, -0.15) is 5.21 Å². The predicted octanol–water partition coefficient (Wildman–Crippen LogP) is 4.33. The Morgan fingerprint density at radius 1 is 1.09 bits per heavy atom. The van der Waals surface area contributed by atoms with Crippen molar-refractivity contribution in [3.63, 3.8) is 0 Å². The zero-order valence-corrected chi connectivity index (χ0v) is 19.5. The molecular formula is C25H31N7O. The minimum Gasteiger partial charge on any atom is -0.299 e. The molecule has 4 aromatic rings. The first-order valence-corrected chi connectivity index (χ1v) is 11.6. The van der Waals surface area contributed by atoms with Gasteiger partial charge >= 0.3 is 5.69 Å². The molecule has 0 saturated heterocycles. The number of tetrazole rings is 1. The molecular weight excluding hydrogens is 414 g/mol. The molecule has 3 heterocycles. The lowest BCUT2D eigenvalue weighted by Crippen LogP contribution is -2.26. The van der Waals surface area contributed by atoms with E-state index in [0.717, 1.165) is 60.2 Å². The molecule has 0 aliphatic rings. The second kappa shape index (κ2) is 10.4. The standard InChI is InChI=1S/C25H31N7O/c1-4-5-6-22-17-31(14-12-18(2)3)25(33)32(22)16-21-15-26-13-11-23(21)19-7-9-20(10-8-19)24-27-29-30-28-24/h7-11,13,15,17-18H,4-6,12,14,16H2,1-3H3,(H,27,28,29,30). The van der Waals surface area contributed by atoms with E-state index in [1.165, 1.54) is 0 Å². The Balaban J connectivity index is 1.65. The molecule has 172 valence electrons. The van der Waals surface area contributed by atoms with Gasteiger partial charge < -0.3 is 0 Å². The van der Waals surface area contributed by atoms with E-state index >= 15 is 0 Å². The Morgan fingerprint density at radius 3 is 2.58 bits per heavy atom. The van der Waals surface area contributed by atoms with Crippen LogP contribution in [-0.2, 0) is 19.5 Å². The van der Waals surface area contributed by atoms with Crippen molar-refractivity contribution in [2.75, 3.05) is 0 Å². The van der Waals surface area contributed by atoms with Crippen LogP contribution in [0.1, 0.15) is 51.3 Å². The van der Waals surface area contributed by atoms with Crippen molar-refractivity contribution in [1.82, 2.24) is 34.7 Å². The monoisotopic (exact) mass is 445 g/mol. The number of imidazole rings is 1. The number of unbranched alkanes of at least 4 members (excludes halogenated alkanes) is 1. The molecule has 0 amide bonds. The molecule has 0 atom stereocenters. The summed E-state index contributed by atoms with van der Waals surface area (Å²) >= 11 is 0. The fraction of sp³-hybridized carbons (Fsp3) is 0.400. The fourth-order valence-corrected chi connectivity index (χ4v) is 3.95. The number of nitrogens with zero attached hydrogens (tertiary/aromatic N) is 6. The lowest BCUT2D eigenvalue weighted by molar-refractivity contribution is 0.502. The summed E-state index contributed by atoms with van der Waals surface area (Å²) in [6, 6.07) is 10.0. The number of hydrogen-bond donors (Lipinski definition) is 1. The van der Waals surface area contributed by atoms with E-state index in [0.29, 0.717) is 18.3 Å². The minimum atomic E-state index is 0.0593. The van der Waals surface area contributed by atoms with Gasteiger partial charge in [-0.3, -0.25) is 14.1 Å². The first-order chi connectivity index (χ1) is 16.1. The molecule has 0 saturated carbocycles. The Bertz CT molecular complexity index is 1220. The van der Waals surface area contributed by atoms with Crippen LogP contribution in [0.15, 0.2) is 53.7 Å². The quantitative estimate of drug-likeness (QED) is 0.392. The van der Waals surface area contributed by atoms with E-state index in [2.05, 4.69) is 52.6 Å². The molecule has 1 aromatic carbocycles. The van der Waals surface area contributed by atoms with E-state index in [4.69, 9.17) is 0 Å². The molecule has 0 unspecified atom stereocenters. The number of benzene rings is 1. The topological polar surface area (TPSA) is 94.3 Å². The summed E-state index contributed by atoms with van der Waals surface area (Å²) in [7, 11) is 0. The van der Waals surface area contributed by atoms with E-state index in [1.807, 2.05) is 45.7 Å². The third-order valence-electron chi connectivity index (χ3n) is 5.89. The van der Waals surface area contributed by atoms with Crippen LogP contribution in [0.4, 0.5) is 0 Å². The van der Waals surface area contributed by atoms with Gasteiger partial charge in [-0.25, -0.2) is 4.79 Å². The second-order valence-electron chi connectivity index (χ2n) is 8.81. The first-order valence-electron chi connectivity index (χ1n) is 11.6. The molecule has 0 aliphatic heterocycles. The number of aromatic nitrogens is 7. The van der Waals surface area contributed by atoms with Crippen molar-refractivity contribution in [2.24, 2.45) is 5.92 Å². The van der Waals surface area contributed by atoms with Gasteiger partial charge in [0.25, 0.3) is 0 Å². The number of nitrogens with one attached hydrogen (secondary N) is 1. The molecule has 0 bridgehead atoms. The highest BCUT2D eigenvalue weighted by atomic mass is 16.1. The van der Waals surface area contributed by atoms with Crippen LogP contribution in [0.25, 0.3) is 22.5 Å². The highest BCUT2D eigenvalue weighted by Crippen LogP contribution is 2.26. The molecule has 33 heavy (non-hydrogen) atoms. The Hall–Kier alpha value is -3.55. The van der Waals surface area contributed by atoms with Crippen molar-refractivity contribution >= 4 is 0 Å². The van der Waals surface area contributed by atoms with E-state index in [1.54, 1.807) is 6.20 Å². The van der Waals surface area contributed by atoms with Gasteiger partial charge in [0, 0.05) is 36.4 Å². The third kappa shape index (κ3) is 5.27. The van der Waals surface area contributed by atoms with Gasteiger partial charge in [-0.15, -0.1) is 10.2 Å². The summed E-state index contributed by atoms with van der Waals surface area (Å²) in [5.41, 5.74) is 5.18. The van der Waals surface area contributed by atoms with Crippen LogP contribution in [0.5, 0.6) is 0 Å².